The first-order valence-corrected chi connectivity index (χ1v) is 5.85. The average molecular weight is 200 g/mol. The van der Waals surface area contributed by atoms with Crippen molar-refractivity contribution < 1.29 is 9.47 Å². The summed E-state index contributed by atoms with van der Waals surface area (Å²) < 4.78 is 11.7. The van der Waals surface area contributed by atoms with Crippen LogP contribution < -0.4 is 0 Å². The van der Waals surface area contributed by atoms with E-state index in [-0.39, 0.29) is 12.2 Å². The van der Waals surface area contributed by atoms with Crippen LogP contribution in [0.1, 0.15) is 41.0 Å². The maximum Gasteiger partial charge on any atom is 0.0862 e. The monoisotopic (exact) mass is 200 g/mol. The van der Waals surface area contributed by atoms with Crippen molar-refractivity contribution in [2.75, 3.05) is 6.61 Å². The molecule has 2 heteroatoms. The molecular weight excluding hydrogens is 176 g/mol. The molecule has 2 nitrogen and oxygen atoms in total. The van der Waals surface area contributed by atoms with Gasteiger partial charge in [-0.15, -0.1) is 0 Å². The molecule has 0 aliphatic carbocycles. The standard InChI is InChI=1S/C12H24O2/c1-6-7-13-12-9(3)8(2)10(4)14-11(12)5/h8-12H,6-7H2,1-5H3/t8-,9-,10?,11-,12+/m1/s1. The highest BCUT2D eigenvalue weighted by Crippen LogP contribution is 2.32. The van der Waals surface area contributed by atoms with E-state index in [0.29, 0.717) is 17.9 Å². The molecule has 1 fully saturated rings. The zero-order valence-electron chi connectivity index (χ0n) is 10.1. The molecule has 0 saturated carbocycles. The Morgan fingerprint density at radius 3 is 2.21 bits per heavy atom. The van der Waals surface area contributed by atoms with Gasteiger partial charge in [-0.2, -0.15) is 0 Å². The van der Waals surface area contributed by atoms with Crippen LogP contribution in [0.3, 0.4) is 0 Å². The molecule has 1 rings (SSSR count). The molecule has 14 heavy (non-hydrogen) atoms. The van der Waals surface area contributed by atoms with Crippen LogP contribution in [-0.2, 0) is 9.47 Å². The van der Waals surface area contributed by atoms with E-state index in [4.69, 9.17) is 9.47 Å². The highest BCUT2D eigenvalue weighted by Gasteiger charge is 2.37. The van der Waals surface area contributed by atoms with Gasteiger partial charge in [0.1, 0.15) is 0 Å². The maximum absolute atomic E-state index is 5.85. The van der Waals surface area contributed by atoms with E-state index in [1.807, 2.05) is 0 Å². The van der Waals surface area contributed by atoms with Gasteiger partial charge in [0.05, 0.1) is 18.3 Å². The Kier molecular flexibility index (Phi) is 4.39. The fourth-order valence-electron chi connectivity index (χ4n) is 2.24. The molecule has 0 aromatic heterocycles. The minimum atomic E-state index is 0.239. The fourth-order valence-corrected chi connectivity index (χ4v) is 2.24. The Hall–Kier alpha value is -0.0800. The third kappa shape index (κ3) is 2.48. The van der Waals surface area contributed by atoms with Crippen molar-refractivity contribution in [3.63, 3.8) is 0 Å². The Labute approximate surface area is 88.0 Å². The number of ether oxygens (including phenoxy) is 2. The third-order valence-corrected chi connectivity index (χ3v) is 3.49. The Bertz CT molecular complexity index is 170. The summed E-state index contributed by atoms with van der Waals surface area (Å²) in [6.07, 6.45) is 1.96. The van der Waals surface area contributed by atoms with Crippen molar-refractivity contribution in [3.05, 3.63) is 0 Å². The first-order valence-electron chi connectivity index (χ1n) is 5.85. The minimum absolute atomic E-state index is 0.239. The Balaban J connectivity index is 2.55. The molecule has 1 unspecified atom stereocenters. The molecule has 0 bridgehead atoms. The topological polar surface area (TPSA) is 18.5 Å². The number of hydrogen-bond donors (Lipinski definition) is 0. The molecule has 1 heterocycles. The lowest BCUT2D eigenvalue weighted by Gasteiger charge is -2.42. The van der Waals surface area contributed by atoms with Gasteiger partial charge in [0.25, 0.3) is 0 Å². The quantitative estimate of drug-likeness (QED) is 0.697. The summed E-state index contributed by atoms with van der Waals surface area (Å²) in [4.78, 5) is 0. The largest absolute Gasteiger partial charge is 0.375 e. The van der Waals surface area contributed by atoms with Gasteiger partial charge in [0, 0.05) is 6.61 Å². The molecule has 0 aromatic carbocycles. The normalized spacial score (nSPS) is 43.9. The van der Waals surface area contributed by atoms with Crippen LogP contribution in [0.25, 0.3) is 0 Å². The first kappa shape index (κ1) is 12.0. The van der Waals surface area contributed by atoms with Gasteiger partial charge in [-0.05, 0) is 32.1 Å². The second-order valence-electron chi connectivity index (χ2n) is 4.60. The smallest absolute Gasteiger partial charge is 0.0862 e. The Morgan fingerprint density at radius 2 is 1.64 bits per heavy atom. The van der Waals surface area contributed by atoms with Crippen molar-refractivity contribution in [1.29, 1.82) is 0 Å². The second kappa shape index (κ2) is 5.13. The SMILES string of the molecule is CCCO[C@H]1[C@H](C)[C@@H](C)C(C)O[C@@H]1C. The van der Waals surface area contributed by atoms with E-state index >= 15 is 0 Å². The maximum atomic E-state index is 5.85. The molecule has 84 valence electrons. The second-order valence-corrected chi connectivity index (χ2v) is 4.60. The van der Waals surface area contributed by atoms with Crippen molar-refractivity contribution in [3.8, 4) is 0 Å². The lowest BCUT2D eigenvalue weighted by Crippen LogP contribution is -2.48. The molecule has 0 amide bonds. The number of hydrogen-bond acceptors (Lipinski definition) is 2. The predicted molar refractivity (Wildman–Crippen MR) is 58.4 cm³/mol. The van der Waals surface area contributed by atoms with Crippen LogP contribution in [0.4, 0.5) is 0 Å². The zero-order valence-corrected chi connectivity index (χ0v) is 10.1. The van der Waals surface area contributed by atoms with Crippen LogP contribution in [0.5, 0.6) is 0 Å². The summed E-state index contributed by atoms with van der Waals surface area (Å²) in [5, 5.41) is 0. The lowest BCUT2D eigenvalue weighted by atomic mass is 9.82. The van der Waals surface area contributed by atoms with Crippen molar-refractivity contribution >= 4 is 0 Å². The van der Waals surface area contributed by atoms with Crippen molar-refractivity contribution in [1.82, 2.24) is 0 Å². The molecule has 0 N–H and O–H groups in total. The van der Waals surface area contributed by atoms with Crippen LogP contribution in [0.2, 0.25) is 0 Å². The number of rotatable bonds is 3. The van der Waals surface area contributed by atoms with Crippen LogP contribution in [-0.4, -0.2) is 24.9 Å². The predicted octanol–water partition coefficient (Wildman–Crippen LogP) is 2.86. The lowest BCUT2D eigenvalue weighted by molar-refractivity contribution is -0.174. The van der Waals surface area contributed by atoms with E-state index in [1.165, 1.54) is 0 Å². The molecular formula is C12H24O2. The van der Waals surface area contributed by atoms with Gasteiger partial charge in [-0.1, -0.05) is 20.8 Å². The average Bonchev–Trinajstić information content (AvgIpc) is 2.14. The van der Waals surface area contributed by atoms with Gasteiger partial charge < -0.3 is 9.47 Å². The van der Waals surface area contributed by atoms with E-state index < -0.39 is 0 Å². The fraction of sp³-hybridized carbons (Fsp3) is 1.00. The van der Waals surface area contributed by atoms with Gasteiger partial charge in [0.2, 0.25) is 0 Å². The molecule has 1 aliphatic heterocycles. The van der Waals surface area contributed by atoms with Crippen molar-refractivity contribution in [2.24, 2.45) is 11.8 Å². The highest BCUT2D eigenvalue weighted by atomic mass is 16.5. The van der Waals surface area contributed by atoms with Gasteiger partial charge >= 0.3 is 0 Å². The molecule has 0 aromatic rings. The van der Waals surface area contributed by atoms with Crippen LogP contribution >= 0.6 is 0 Å². The van der Waals surface area contributed by atoms with Crippen molar-refractivity contribution in [2.45, 2.75) is 59.4 Å². The molecule has 5 atom stereocenters. The summed E-state index contributed by atoms with van der Waals surface area (Å²) in [6, 6.07) is 0. The molecule has 1 saturated heterocycles. The minimum Gasteiger partial charge on any atom is -0.375 e. The summed E-state index contributed by atoms with van der Waals surface area (Å²) in [6.45, 7) is 11.8. The summed E-state index contributed by atoms with van der Waals surface area (Å²) in [5.41, 5.74) is 0. The summed E-state index contributed by atoms with van der Waals surface area (Å²) in [7, 11) is 0. The van der Waals surface area contributed by atoms with E-state index in [1.54, 1.807) is 0 Å². The van der Waals surface area contributed by atoms with E-state index in [2.05, 4.69) is 34.6 Å². The first-order chi connectivity index (χ1) is 6.57. The molecule has 1 aliphatic rings. The molecule has 0 spiro atoms. The van der Waals surface area contributed by atoms with E-state index in [0.717, 1.165) is 13.0 Å². The van der Waals surface area contributed by atoms with E-state index in [9.17, 15) is 0 Å². The van der Waals surface area contributed by atoms with Gasteiger partial charge in [0.15, 0.2) is 0 Å². The van der Waals surface area contributed by atoms with Crippen LogP contribution in [0, 0.1) is 11.8 Å². The van der Waals surface area contributed by atoms with Crippen LogP contribution in [0.15, 0.2) is 0 Å². The summed E-state index contributed by atoms with van der Waals surface area (Å²) in [5.74, 6) is 1.19. The van der Waals surface area contributed by atoms with Gasteiger partial charge in [-0.3, -0.25) is 0 Å². The molecule has 0 radical (unpaired) electrons. The zero-order chi connectivity index (χ0) is 10.7. The third-order valence-electron chi connectivity index (χ3n) is 3.49. The Morgan fingerprint density at radius 1 is 1.00 bits per heavy atom. The van der Waals surface area contributed by atoms with Gasteiger partial charge in [-0.25, -0.2) is 0 Å². The highest BCUT2D eigenvalue weighted by molar-refractivity contribution is 4.85. The summed E-state index contributed by atoms with van der Waals surface area (Å²) >= 11 is 0.